The van der Waals surface area contributed by atoms with Crippen molar-refractivity contribution < 1.29 is 19.0 Å². The first-order chi connectivity index (χ1) is 12.6. The zero-order valence-electron chi connectivity index (χ0n) is 15.8. The molecule has 0 saturated carbocycles. The number of hydrogen-bond acceptors (Lipinski definition) is 6. The van der Waals surface area contributed by atoms with Crippen LogP contribution in [0.5, 0.6) is 17.2 Å². The second-order valence-corrected chi connectivity index (χ2v) is 6.13. The minimum atomic E-state index is -0.381. The van der Waals surface area contributed by atoms with Gasteiger partial charge in [-0.15, -0.1) is 10.2 Å². The molecule has 2 aromatic rings. The van der Waals surface area contributed by atoms with Crippen molar-refractivity contribution >= 4 is 5.91 Å². The fourth-order valence-electron chi connectivity index (χ4n) is 3.38. The molecule has 0 saturated heterocycles. The second-order valence-electron chi connectivity index (χ2n) is 6.13. The number of carbonyl (C=O) groups is 1. The molecule has 1 amide bonds. The summed E-state index contributed by atoms with van der Waals surface area (Å²) in [5, 5.41) is 8.66. The number of ether oxygens (including phenoxy) is 3. The van der Waals surface area contributed by atoms with Gasteiger partial charge in [0.2, 0.25) is 11.7 Å². The maximum absolute atomic E-state index is 12.7. The first-order valence-corrected chi connectivity index (χ1v) is 8.59. The van der Waals surface area contributed by atoms with Gasteiger partial charge in [-0.1, -0.05) is 6.92 Å². The summed E-state index contributed by atoms with van der Waals surface area (Å²) in [6.07, 6.45) is 0.906. The average molecular weight is 360 g/mol. The van der Waals surface area contributed by atoms with E-state index in [2.05, 4.69) is 17.1 Å². The Morgan fingerprint density at radius 2 is 1.85 bits per heavy atom. The molecule has 1 aliphatic heterocycles. The van der Waals surface area contributed by atoms with E-state index in [0.29, 0.717) is 41.7 Å². The molecular formula is C18H24N4O4. The summed E-state index contributed by atoms with van der Waals surface area (Å²) in [5.41, 5.74) is 0.701. The van der Waals surface area contributed by atoms with Crippen LogP contribution in [-0.2, 0) is 11.3 Å². The average Bonchev–Trinajstić information content (AvgIpc) is 3.08. The van der Waals surface area contributed by atoms with Crippen molar-refractivity contribution in [3.05, 3.63) is 18.0 Å². The molecule has 8 heteroatoms. The van der Waals surface area contributed by atoms with Gasteiger partial charge in [0.05, 0.1) is 33.4 Å². The highest BCUT2D eigenvalue weighted by atomic mass is 16.5. The first kappa shape index (κ1) is 18.0. The number of fused-ring (bicyclic) bond motifs is 1. The number of methoxy groups -OCH3 is 3. The molecule has 0 aliphatic carbocycles. The fourth-order valence-corrected chi connectivity index (χ4v) is 3.38. The van der Waals surface area contributed by atoms with Crippen molar-refractivity contribution in [3.63, 3.8) is 0 Å². The predicted octanol–water partition coefficient (Wildman–Crippen LogP) is 2.28. The van der Waals surface area contributed by atoms with Crippen LogP contribution in [0.3, 0.4) is 0 Å². The normalized spacial score (nSPS) is 16.4. The van der Waals surface area contributed by atoms with Crippen LogP contribution < -0.4 is 14.2 Å². The molecule has 1 aliphatic rings. The Morgan fingerprint density at radius 1 is 1.12 bits per heavy atom. The largest absolute Gasteiger partial charge is 0.493 e. The third kappa shape index (κ3) is 2.75. The molecule has 0 spiro atoms. The van der Waals surface area contributed by atoms with Crippen LogP contribution in [0.1, 0.15) is 32.1 Å². The molecule has 1 aromatic carbocycles. The molecule has 140 valence electrons. The van der Waals surface area contributed by atoms with Gasteiger partial charge in [-0.05, 0) is 25.5 Å². The minimum absolute atomic E-state index is 0.0693. The van der Waals surface area contributed by atoms with Crippen LogP contribution >= 0.6 is 0 Å². The standard InChI is InChI=1S/C18H24N4O4/c1-6-9-21-10-14-19-20-17(22(14)11(2)18(21)23)12-7-8-13(24-3)16(26-5)15(12)25-4/h7-8,11H,6,9-10H2,1-5H3/t11-/m0/s1. The Kier molecular flexibility index (Phi) is 5.01. The summed E-state index contributed by atoms with van der Waals surface area (Å²) >= 11 is 0. The third-order valence-electron chi connectivity index (χ3n) is 4.59. The maximum atomic E-state index is 12.7. The molecule has 8 nitrogen and oxygen atoms in total. The van der Waals surface area contributed by atoms with Gasteiger partial charge < -0.3 is 19.1 Å². The molecule has 0 radical (unpaired) electrons. The molecule has 0 bridgehead atoms. The molecule has 3 rings (SSSR count). The molecule has 0 fully saturated rings. The van der Waals surface area contributed by atoms with E-state index in [4.69, 9.17) is 14.2 Å². The van der Waals surface area contributed by atoms with Crippen molar-refractivity contribution in [1.29, 1.82) is 0 Å². The van der Waals surface area contributed by atoms with E-state index in [-0.39, 0.29) is 11.9 Å². The van der Waals surface area contributed by atoms with Gasteiger partial charge in [-0.25, -0.2) is 0 Å². The minimum Gasteiger partial charge on any atom is -0.493 e. The van der Waals surface area contributed by atoms with E-state index in [1.165, 1.54) is 0 Å². The summed E-state index contributed by atoms with van der Waals surface area (Å²) in [6.45, 7) is 5.09. The van der Waals surface area contributed by atoms with Crippen molar-refractivity contribution in [3.8, 4) is 28.6 Å². The highest BCUT2D eigenvalue weighted by molar-refractivity contribution is 5.82. The Hall–Kier alpha value is -2.77. The summed E-state index contributed by atoms with van der Waals surface area (Å²) in [7, 11) is 4.68. The number of hydrogen-bond donors (Lipinski definition) is 0. The van der Waals surface area contributed by atoms with E-state index in [1.807, 2.05) is 22.5 Å². The number of amides is 1. The van der Waals surface area contributed by atoms with E-state index >= 15 is 0 Å². The Balaban J connectivity index is 2.13. The van der Waals surface area contributed by atoms with Gasteiger partial charge in [0, 0.05) is 6.54 Å². The van der Waals surface area contributed by atoms with E-state index < -0.39 is 0 Å². The van der Waals surface area contributed by atoms with Crippen LogP contribution in [0.25, 0.3) is 11.4 Å². The molecule has 1 aromatic heterocycles. The highest BCUT2D eigenvalue weighted by Gasteiger charge is 2.34. The number of benzene rings is 1. The van der Waals surface area contributed by atoms with Gasteiger partial charge in [0.1, 0.15) is 6.04 Å². The lowest BCUT2D eigenvalue weighted by Gasteiger charge is -2.32. The van der Waals surface area contributed by atoms with Crippen LogP contribution in [0.15, 0.2) is 12.1 Å². The van der Waals surface area contributed by atoms with Gasteiger partial charge in [0.25, 0.3) is 0 Å². The van der Waals surface area contributed by atoms with E-state index in [0.717, 1.165) is 12.2 Å². The fraction of sp³-hybridized carbons (Fsp3) is 0.500. The number of rotatable bonds is 6. The zero-order chi connectivity index (χ0) is 18.8. The Morgan fingerprint density at radius 3 is 2.46 bits per heavy atom. The summed E-state index contributed by atoms with van der Waals surface area (Å²) < 4.78 is 18.2. The van der Waals surface area contributed by atoms with Crippen LogP contribution in [0.4, 0.5) is 0 Å². The lowest BCUT2D eigenvalue weighted by molar-refractivity contribution is -0.136. The van der Waals surface area contributed by atoms with Crippen molar-refractivity contribution in [2.24, 2.45) is 0 Å². The monoisotopic (exact) mass is 360 g/mol. The summed E-state index contributed by atoms with van der Waals surface area (Å²) in [6, 6.07) is 3.25. The van der Waals surface area contributed by atoms with Gasteiger partial charge in [-0.3, -0.25) is 9.36 Å². The molecular weight excluding hydrogens is 336 g/mol. The highest BCUT2D eigenvalue weighted by Crippen LogP contribution is 2.44. The van der Waals surface area contributed by atoms with Crippen LogP contribution in [0, 0.1) is 0 Å². The van der Waals surface area contributed by atoms with E-state index in [1.54, 1.807) is 27.4 Å². The molecule has 26 heavy (non-hydrogen) atoms. The molecule has 1 atom stereocenters. The number of aromatic nitrogens is 3. The van der Waals surface area contributed by atoms with Gasteiger partial charge in [0.15, 0.2) is 23.1 Å². The van der Waals surface area contributed by atoms with E-state index in [9.17, 15) is 4.79 Å². The summed E-state index contributed by atoms with van der Waals surface area (Å²) in [4.78, 5) is 14.5. The number of carbonyl (C=O) groups excluding carboxylic acids is 1. The van der Waals surface area contributed by atoms with Crippen molar-refractivity contribution in [2.45, 2.75) is 32.9 Å². The van der Waals surface area contributed by atoms with Crippen molar-refractivity contribution in [1.82, 2.24) is 19.7 Å². The molecule has 2 heterocycles. The predicted molar refractivity (Wildman–Crippen MR) is 95.5 cm³/mol. The topological polar surface area (TPSA) is 78.7 Å². The molecule has 0 N–H and O–H groups in total. The Bertz CT molecular complexity index is 818. The second kappa shape index (κ2) is 7.23. The number of nitrogens with zero attached hydrogens (tertiary/aromatic N) is 4. The quantitative estimate of drug-likeness (QED) is 0.786. The van der Waals surface area contributed by atoms with Crippen molar-refractivity contribution in [2.75, 3.05) is 27.9 Å². The third-order valence-corrected chi connectivity index (χ3v) is 4.59. The summed E-state index contributed by atoms with van der Waals surface area (Å²) in [5.74, 6) is 2.95. The maximum Gasteiger partial charge on any atom is 0.245 e. The lowest BCUT2D eigenvalue weighted by Crippen LogP contribution is -2.42. The van der Waals surface area contributed by atoms with Gasteiger partial charge in [-0.2, -0.15) is 0 Å². The lowest BCUT2D eigenvalue weighted by atomic mass is 10.1. The SMILES string of the molecule is CCCN1Cc2nnc(-c3ccc(OC)c(OC)c3OC)n2[C@@H](C)C1=O. The molecule has 0 unspecified atom stereocenters. The van der Waals surface area contributed by atoms with Crippen LogP contribution in [-0.4, -0.2) is 53.4 Å². The van der Waals surface area contributed by atoms with Gasteiger partial charge >= 0.3 is 0 Å². The smallest absolute Gasteiger partial charge is 0.245 e. The first-order valence-electron chi connectivity index (χ1n) is 8.59. The zero-order valence-corrected chi connectivity index (χ0v) is 15.8. The Labute approximate surface area is 152 Å². The van der Waals surface area contributed by atoms with Crippen LogP contribution in [0.2, 0.25) is 0 Å².